The topological polar surface area (TPSA) is 65.5 Å². The van der Waals surface area contributed by atoms with Crippen molar-refractivity contribution in [3.63, 3.8) is 0 Å². The number of aryl methyl sites for hydroxylation is 1. The number of aromatic nitrogens is 1. The lowest BCUT2D eigenvalue weighted by Crippen LogP contribution is -2.49. The number of piperidine rings is 1. The number of rotatable bonds is 3. The van der Waals surface area contributed by atoms with Crippen LogP contribution in [-0.4, -0.2) is 46.1 Å². The number of carbonyl (C=O) groups excluding carboxylic acids is 1. The number of amides is 1. The number of hydrogen-bond acceptors (Lipinski definition) is 4. The van der Waals surface area contributed by atoms with Crippen LogP contribution in [0.4, 0.5) is 5.82 Å². The second-order valence-corrected chi connectivity index (χ2v) is 6.89. The van der Waals surface area contributed by atoms with Gasteiger partial charge >= 0.3 is 0 Å². The van der Waals surface area contributed by atoms with Gasteiger partial charge in [0.15, 0.2) is 0 Å². The van der Waals surface area contributed by atoms with Crippen LogP contribution in [0.15, 0.2) is 18.3 Å². The molecule has 1 aliphatic heterocycles. The van der Waals surface area contributed by atoms with E-state index in [1.165, 1.54) is 6.42 Å². The van der Waals surface area contributed by atoms with Gasteiger partial charge in [-0.25, -0.2) is 4.98 Å². The van der Waals surface area contributed by atoms with Crippen LogP contribution in [0.2, 0.25) is 0 Å². The number of nitrogens with zero attached hydrogens (tertiary/aromatic N) is 2. The molecule has 5 heteroatoms. The van der Waals surface area contributed by atoms with E-state index in [1.807, 2.05) is 19.1 Å². The molecule has 1 amide bonds. The van der Waals surface area contributed by atoms with Gasteiger partial charge in [-0.2, -0.15) is 0 Å². The Labute approximate surface area is 138 Å². The fourth-order valence-electron chi connectivity index (χ4n) is 3.85. The van der Waals surface area contributed by atoms with Crippen LogP contribution >= 0.6 is 0 Å². The van der Waals surface area contributed by atoms with E-state index in [4.69, 9.17) is 0 Å². The quantitative estimate of drug-likeness (QED) is 0.898. The number of pyridine rings is 1. The molecule has 2 heterocycles. The van der Waals surface area contributed by atoms with E-state index < -0.39 is 0 Å². The summed E-state index contributed by atoms with van der Waals surface area (Å²) in [6.45, 7) is 3.76. The first kappa shape index (κ1) is 16.4. The van der Waals surface area contributed by atoms with E-state index in [2.05, 4.69) is 15.2 Å². The summed E-state index contributed by atoms with van der Waals surface area (Å²) in [5.74, 6) is 0.798. The smallest absolute Gasteiger partial charge is 0.228 e. The zero-order valence-corrected chi connectivity index (χ0v) is 13.9. The van der Waals surface area contributed by atoms with Crippen LogP contribution in [0.5, 0.6) is 0 Å². The van der Waals surface area contributed by atoms with Gasteiger partial charge in [-0.1, -0.05) is 18.9 Å². The van der Waals surface area contributed by atoms with Gasteiger partial charge in [0, 0.05) is 18.2 Å². The third-order valence-corrected chi connectivity index (χ3v) is 5.31. The third-order valence-electron chi connectivity index (χ3n) is 5.31. The highest BCUT2D eigenvalue weighted by Gasteiger charge is 2.33. The van der Waals surface area contributed by atoms with Gasteiger partial charge in [-0.3, -0.25) is 9.69 Å². The molecule has 0 bridgehead atoms. The zero-order chi connectivity index (χ0) is 16.2. The molecule has 2 aliphatic rings. The van der Waals surface area contributed by atoms with Crippen LogP contribution in [-0.2, 0) is 4.79 Å². The lowest BCUT2D eigenvalue weighted by molar-refractivity contribution is -0.121. The molecule has 2 N–H and O–H groups in total. The van der Waals surface area contributed by atoms with Crippen molar-refractivity contribution in [1.82, 2.24) is 9.88 Å². The molecule has 2 atom stereocenters. The maximum Gasteiger partial charge on any atom is 0.228 e. The van der Waals surface area contributed by atoms with Crippen LogP contribution in [0.25, 0.3) is 0 Å². The van der Waals surface area contributed by atoms with Crippen LogP contribution in [0.1, 0.15) is 44.1 Å². The minimum Gasteiger partial charge on any atom is -0.391 e. The summed E-state index contributed by atoms with van der Waals surface area (Å²) in [6.07, 6.45) is 7.60. The molecule has 23 heavy (non-hydrogen) atoms. The molecule has 1 aromatic rings. The lowest BCUT2D eigenvalue weighted by atomic mass is 9.88. The molecule has 0 aromatic carbocycles. The van der Waals surface area contributed by atoms with Gasteiger partial charge in [0.25, 0.3) is 0 Å². The Morgan fingerprint density at radius 3 is 2.70 bits per heavy atom. The number of aliphatic hydroxyl groups is 1. The summed E-state index contributed by atoms with van der Waals surface area (Å²) in [7, 11) is 0. The number of likely N-dealkylation sites (tertiary alicyclic amines) is 1. The third kappa shape index (κ3) is 3.90. The normalized spacial score (nSPS) is 26.9. The van der Waals surface area contributed by atoms with E-state index >= 15 is 0 Å². The Morgan fingerprint density at radius 1 is 1.26 bits per heavy atom. The van der Waals surface area contributed by atoms with Crippen molar-refractivity contribution in [2.75, 3.05) is 18.4 Å². The summed E-state index contributed by atoms with van der Waals surface area (Å²) in [6, 6.07) is 4.13. The number of anilines is 1. The maximum atomic E-state index is 12.4. The largest absolute Gasteiger partial charge is 0.391 e. The zero-order valence-electron chi connectivity index (χ0n) is 13.9. The first-order valence-electron chi connectivity index (χ1n) is 8.80. The van der Waals surface area contributed by atoms with E-state index in [0.717, 1.165) is 50.8 Å². The Kier molecular flexibility index (Phi) is 5.28. The molecule has 0 unspecified atom stereocenters. The monoisotopic (exact) mass is 317 g/mol. The molecular formula is C18H27N3O2. The minimum atomic E-state index is -0.190. The van der Waals surface area contributed by atoms with Crippen LogP contribution in [0, 0.1) is 12.8 Å². The molecule has 1 aliphatic carbocycles. The predicted octanol–water partition coefficient (Wildman–Crippen LogP) is 2.34. The summed E-state index contributed by atoms with van der Waals surface area (Å²) >= 11 is 0. The number of aliphatic hydroxyl groups excluding tert-OH is 1. The average Bonchev–Trinajstić information content (AvgIpc) is 2.57. The Bertz CT molecular complexity index is 541. The number of carbonyl (C=O) groups is 1. The van der Waals surface area contributed by atoms with Crippen molar-refractivity contribution >= 4 is 11.7 Å². The number of hydrogen-bond donors (Lipinski definition) is 2. The van der Waals surface area contributed by atoms with Crippen LogP contribution < -0.4 is 5.32 Å². The highest BCUT2D eigenvalue weighted by atomic mass is 16.3. The fourth-order valence-corrected chi connectivity index (χ4v) is 3.85. The van der Waals surface area contributed by atoms with Gasteiger partial charge in [0.1, 0.15) is 5.82 Å². The SMILES string of the molecule is Cc1cccnc1NC(=O)C1CCN([C@H]2CCCC[C@H]2O)CC1. The summed E-state index contributed by atoms with van der Waals surface area (Å²) < 4.78 is 0. The molecule has 5 nitrogen and oxygen atoms in total. The van der Waals surface area contributed by atoms with Crippen molar-refractivity contribution in [1.29, 1.82) is 0 Å². The second kappa shape index (κ2) is 7.41. The molecule has 126 valence electrons. The van der Waals surface area contributed by atoms with Crippen molar-refractivity contribution < 1.29 is 9.90 Å². The van der Waals surface area contributed by atoms with E-state index in [0.29, 0.717) is 11.9 Å². The van der Waals surface area contributed by atoms with Crippen LogP contribution in [0.3, 0.4) is 0 Å². The molecule has 0 spiro atoms. The molecule has 1 saturated carbocycles. The molecule has 0 radical (unpaired) electrons. The average molecular weight is 317 g/mol. The molecule has 2 fully saturated rings. The summed E-state index contributed by atoms with van der Waals surface area (Å²) in [5, 5.41) is 13.2. The Hall–Kier alpha value is -1.46. The van der Waals surface area contributed by atoms with Gasteiger partial charge < -0.3 is 10.4 Å². The van der Waals surface area contributed by atoms with Crippen molar-refractivity contribution in [3.05, 3.63) is 23.9 Å². The maximum absolute atomic E-state index is 12.4. The highest BCUT2D eigenvalue weighted by molar-refractivity contribution is 5.92. The summed E-state index contributed by atoms with van der Waals surface area (Å²) in [5.41, 5.74) is 0.989. The van der Waals surface area contributed by atoms with Crippen molar-refractivity contribution in [2.45, 2.75) is 57.6 Å². The van der Waals surface area contributed by atoms with Gasteiger partial charge in [-0.15, -0.1) is 0 Å². The first-order chi connectivity index (χ1) is 11.1. The first-order valence-corrected chi connectivity index (χ1v) is 8.80. The van der Waals surface area contributed by atoms with Gasteiger partial charge in [-0.05, 0) is 57.3 Å². The van der Waals surface area contributed by atoms with E-state index in [9.17, 15) is 9.90 Å². The van der Waals surface area contributed by atoms with Gasteiger partial charge in [0.2, 0.25) is 5.91 Å². The standard InChI is InChI=1S/C18H27N3O2/c1-13-5-4-10-19-17(13)20-18(23)14-8-11-21(12-9-14)15-6-2-3-7-16(15)22/h4-5,10,14-16,22H,2-3,6-9,11-12H2,1H3,(H,19,20,23)/t15-,16+/m0/s1. The molecule has 1 saturated heterocycles. The number of nitrogens with one attached hydrogen (secondary N) is 1. The van der Waals surface area contributed by atoms with Crippen molar-refractivity contribution in [3.8, 4) is 0 Å². The lowest BCUT2D eigenvalue weighted by Gasteiger charge is -2.41. The van der Waals surface area contributed by atoms with E-state index in [-0.39, 0.29) is 17.9 Å². The van der Waals surface area contributed by atoms with Gasteiger partial charge in [0.05, 0.1) is 6.10 Å². The fraction of sp³-hybridized carbons (Fsp3) is 0.667. The van der Waals surface area contributed by atoms with E-state index in [1.54, 1.807) is 6.20 Å². The minimum absolute atomic E-state index is 0.0494. The second-order valence-electron chi connectivity index (χ2n) is 6.89. The summed E-state index contributed by atoms with van der Waals surface area (Å²) in [4.78, 5) is 19.1. The highest BCUT2D eigenvalue weighted by Crippen LogP contribution is 2.28. The molecule has 3 rings (SSSR count). The molecular weight excluding hydrogens is 290 g/mol. The Balaban J connectivity index is 1.52. The molecule has 1 aromatic heterocycles. The predicted molar refractivity (Wildman–Crippen MR) is 90.2 cm³/mol. The Morgan fingerprint density at radius 2 is 2.00 bits per heavy atom. The van der Waals surface area contributed by atoms with Crippen molar-refractivity contribution in [2.24, 2.45) is 5.92 Å².